The molecule has 1 heterocycles. The Bertz CT molecular complexity index is 426. The molecular formula is C11H11NO3. The molecule has 0 amide bonds. The zero-order chi connectivity index (χ0) is 10.8. The molecule has 0 aliphatic heterocycles. The first-order chi connectivity index (χ1) is 7.22. The highest BCUT2D eigenvalue weighted by molar-refractivity contribution is 5.95. The van der Waals surface area contributed by atoms with Crippen molar-refractivity contribution in [1.29, 1.82) is 0 Å². The highest BCUT2D eigenvalue weighted by Crippen LogP contribution is 2.21. The predicted molar refractivity (Wildman–Crippen MR) is 53.2 cm³/mol. The van der Waals surface area contributed by atoms with Gasteiger partial charge in [0, 0.05) is 11.3 Å². The summed E-state index contributed by atoms with van der Waals surface area (Å²) < 4.78 is 0. The van der Waals surface area contributed by atoms with Gasteiger partial charge in [-0.05, 0) is 37.3 Å². The second-order valence-corrected chi connectivity index (χ2v) is 3.66. The van der Waals surface area contributed by atoms with E-state index < -0.39 is 5.97 Å². The van der Waals surface area contributed by atoms with Gasteiger partial charge in [0.25, 0.3) is 0 Å². The first kappa shape index (κ1) is 9.83. The molecule has 0 aromatic carbocycles. The van der Waals surface area contributed by atoms with Gasteiger partial charge in [0.1, 0.15) is 0 Å². The third-order valence-corrected chi connectivity index (χ3v) is 2.66. The van der Waals surface area contributed by atoms with Crippen LogP contribution in [0.15, 0.2) is 6.07 Å². The van der Waals surface area contributed by atoms with E-state index in [4.69, 9.17) is 5.11 Å². The number of pyridine rings is 1. The van der Waals surface area contributed by atoms with Crippen molar-refractivity contribution in [3.05, 3.63) is 28.6 Å². The summed E-state index contributed by atoms with van der Waals surface area (Å²) in [5.74, 6) is -1.13. The van der Waals surface area contributed by atoms with Crippen molar-refractivity contribution < 1.29 is 14.7 Å². The summed E-state index contributed by atoms with van der Waals surface area (Å²) in [6, 6.07) is 1.66. The molecule has 0 radical (unpaired) electrons. The van der Waals surface area contributed by atoms with E-state index in [0.29, 0.717) is 6.29 Å². The molecule has 0 spiro atoms. The number of nitrogens with zero attached hydrogens (tertiary/aromatic N) is 1. The molecule has 4 heteroatoms. The van der Waals surface area contributed by atoms with Crippen molar-refractivity contribution in [2.45, 2.75) is 25.7 Å². The predicted octanol–water partition coefficient (Wildman–Crippen LogP) is 1.47. The molecule has 2 rings (SSSR count). The zero-order valence-electron chi connectivity index (χ0n) is 8.19. The normalized spacial score (nSPS) is 14.4. The van der Waals surface area contributed by atoms with Crippen molar-refractivity contribution in [1.82, 2.24) is 4.98 Å². The van der Waals surface area contributed by atoms with Crippen LogP contribution in [0.25, 0.3) is 0 Å². The quantitative estimate of drug-likeness (QED) is 0.742. The van der Waals surface area contributed by atoms with Gasteiger partial charge in [0.05, 0.1) is 0 Å². The number of carbonyl (C=O) groups is 2. The summed E-state index contributed by atoms with van der Waals surface area (Å²) in [6.07, 6.45) is 4.39. The molecule has 1 aliphatic rings. The molecular weight excluding hydrogens is 194 g/mol. The molecule has 1 N–H and O–H groups in total. The van der Waals surface area contributed by atoms with Crippen LogP contribution in [0, 0.1) is 0 Å². The molecule has 0 fully saturated rings. The van der Waals surface area contributed by atoms with Gasteiger partial charge < -0.3 is 5.11 Å². The Labute approximate surface area is 87.0 Å². The summed E-state index contributed by atoms with van der Waals surface area (Å²) in [5, 5.41) is 8.88. The van der Waals surface area contributed by atoms with Crippen LogP contribution in [0.4, 0.5) is 0 Å². The van der Waals surface area contributed by atoms with Crippen LogP contribution in [0.1, 0.15) is 44.9 Å². The van der Waals surface area contributed by atoms with Crippen LogP contribution in [0.5, 0.6) is 0 Å². The number of rotatable bonds is 2. The molecule has 4 nitrogen and oxygen atoms in total. The minimum atomic E-state index is -1.13. The fraction of sp³-hybridized carbons (Fsp3) is 0.364. The summed E-state index contributed by atoms with van der Waals surface area (Å²) in [4.78, 5) is 25.6. The average molecular weight is 205 g/mol. The minimum Gasteiger partial charge on any atom is -0.476 e. The van der Waals surface area contributed by atoms with Crippen LogP contribution in [-0.2, 0) is 12.8 Å². The van der Waals surface area contributed by atoms with Gasteiger partial charge in [0.2, 0.25) is 0 Å². The van der Waals surface area contributed by atoms with Crippen molar-refractivity contribution >= 4 is 12.3 Å². The lowest BCUT2D eigenvalue weighted by Crippen LogP contribution is -2.13. The Balaban J connectivity index is 2.56. The van der Waals surface area contributed by atoms with E-state index in [9.17, 15) is 9.59 Å². The number of aromatic carboxylic acids is 1. The monoisotopic (exact) mass is 205 g/mol. The van der Waals surface area contributed by atoms with E-state index in [1.54, 1.807) is 6.07 Å². The maximum atomic E-state index is 10.8. The molecule has 0 bridgehead atoms. The highest BCUT2D eigenvalue weighted by Gasteiger charge is 2.18. The summed E-state index contributed by atoms with van der Waals surface area (Å²) in [5.41, 5.74) is 1.92. The second kappa shape index (κ2) is 3.81. The van der Waals surface area contributed by atoms with Crippen LogP contribution in [0.2, 0.25) is 0 Å². The fourth-order valence-corrected chi connectivity index (χ4v) is 1.91. The summed E-state index contributed by atoms with van der Waals surface area (Å²) in [6.45, 7) is 0. The maximum Gasteiger partial charge on any atom is 0.355 e. The van der Waals surface area contributed by atoms with E-state index in [-0.39, 0.29) is 11.3 Å². The van der Waals surface area contributed by atoms with Crippen LogP contribution in [0.3, 0.4) is 0 Å². The number of aryl methyl sites for hydroxylation is 2. The van der Waals surface area contributed by atoms with Gasteiger partial charge in [-0.2, -0.15) is 0 Å². The molecule has 0 unspecified atom stereocenters. The maximum absolute atomic E-state index is 10.8. The minimum absolute atomic E-state index is 0.120. The second-order valence-electron chi connectivity index (χ2n) is 3.66. The molecule has 1 aromatic rings. The number of aldehydes is 1. The van der Waals surface area contributed by atoms with E-state index >= 15 is 0 Å². The molecule has 0 saturated carbocycles. The van der Waals surface area contributed by atoms with E-state index in [2.05, 4.69) is 4.98 Å². The van der Waals surface area contributed by atoms with Gasteiger partial charge >= 0.3 is 5.97 Å². The highest BCUT2D eigenvalue weighted by atomic mass is 16.4. The van der Waals surface area contributed by atoms with Crippen LogP contribution >= 0.6 is 0 Å². The molecule has 0 saturated heterocycles. The SMILES string of the molecule is O=Cc1cc2c(nc1C(=O)O)CCCC2. The standard InChI is InChI=1S/C11H11NO3/c13-6-8-5-7-3-1-2-4-9(7)12-10(8)11(14)15/h5-6H,1-4H2,(H,14,15). The van der Waals surface area contributed by atoms with Crippen molar-refractivity contribution in [2.24, 2.45) is 0 Å². The Morgan fingerprint density at radius 2 is 2.13 bits per heavy atom. The first-order valence-electron chi connectivity index (χ1n) is 4.93. The Morgan fingerprint density at radius 1 is 1.40 bits per heavy atom. The van der Waals surface area contributed by atoms with Crippen LogP contribution in [-0.4, -0.2) is 22.3 Å². The molecule has 1 aromatic heterocycles. The Kier molecular flexibility index (Phi) is 2.49. The van der Waals surface area contributed by atoms with E-state index in [1.807, 2.05) is 0 Å². The number of carbonyl (C=O) groups excluding carboxylic acids is 1. The van der Waals surface area contributed by atoms with Crippen molar-refractivity contribution in [2.75, 3.05) is 0 Å². The third kappa shape index (κ3) is 1.75. The van der Waals surface area contributed by atoms with Crippen LogP contribution < -0.4 is 0 Å². The molecule has 15 heavy (non-hydrogen) atoms. The number of fused-ring (bicyclic) bond motifs is 1. The third-order valence-electron chi connectivity index (χ3n) is 2.66. The number of carboxylic acids is 1. The van der Waals surface area contributed by atoms with Gasteiger partial charge in [-0.25, -0.2) is 9.78 Å². The van der Waals surface area contributed by atoms with E-state index in [0.717, 1.165) is 36.9 Å². The number of carboxylic acid groups (broad SMARTS) is 1. The van der Waals surface area contributed by atoms with Crippen molar-refractivity contribution in [3.8, 4) is 0 Å². The van der Waals surface area contributed by atoms with Gasteiger partial charge in [-0.3, -0.25) is 4.79 Å². The molecule has 1 aliphatic carbocycles. The van der Waals surface area contributed by atoms with Gasteiger partial charge in [-0.1, -0.05) is 0 Å². The topological polar surface area (TPSA) is 67.3 Å². The van der Waals surface area contributed by atoms with E-state index in [1.165, 1.54) is 0 Å². The molecule has 0 atom stereocenters. The zero-order valence-corrected chi connectivity index (χ0v) is 8.19. The largest absolute Gasteiger partial charge is 0.476 e. The lowest BCUT2D eigenvalue weighted by Gasteiger charge is -2.15. The lowest BCUT2D eigenvalue weighted by molar-refractivity contribution is 0.0687. The van der Waals surface area contributed by atoms with Gasteiger partial charge in [0.15, 0.2) is 12.0 Å². The Morgan fingerprint density at radius 3 is 2.80 bits per heavy atom. The number of hydrogen-bond acceptors (Lipinski definition) is 3. The Hall–Kier alpha value is -1.71. The number of aromatic nitrogens is 1. The first-order valence-corrected chi connectivity index (χ1v) is 4.93. The average Bonchev–Trinajstić information content (AvgIpc) is 2.27. The number of hydrogen-bond donors (Lipinski definition) is 1. The molecule has 78 valence electrons. The summed E-state index contributed by atoms with van der Waals surface area (Å²) >= 11 is 0. The smallest absolute Gasteiger partial charge is 0.355 e. The fourth-order valence-electron chi connectivity index (χ4n) is 1.91. The summed E-state index contributed by atoms with van der Waals surface area (Å²) in [7, 11) is 0. The lowest BCUT2D eigenvalue weighted by atomic mass is 9.94. The van der Waals surface area contributed by atoms with Gasteiger partial charge in [-0.15, -0.1) is 0 Å². The van der Waals surface area contributed by atoms with Crippen molar-refractivity contribution in [3.63, 3.8) is 0 Å².